The number of rotatable bonds is 11. The average molecular weight is 762 g/mol. The van der Waals surface area contributed by atoms with Crippen LogP contribution in [0.5, 0.6) is 0 Å². The summed E-state index contributed by atoms with van der Waals surface area (Å²) in [5.41, 5.74) is 0.726. The van der Waals surface area contributed by atoms with Crippen molar-refractivity contribution in [2.75, 3.05) is 6.61 Å². The summed E-state index contributed by atoms with van der Waals surface area (Å²) in [6, 6.07) is 40.0. The van der Waals surface area contributed by atoms with E-state index >= 15 is 0 Å². The van der Waals surface area contributed by atoms with E-state index in [-0.39, 0.29) is 27.1 Å². The molecule has 0 amide bonds. The Labute approximate surface area is 318 Å². The Hall–Kier alpha value is -6.02. The summed E-state index contributed by atoms with van der Waals surface area (Å²) in [5, 5.41) is 0. The first-order valence-corrected chi connectivity index (χ1v) is 18.0. The molecule has 1 aliphatic rings. The van der Waals surface area contributed by atoms with Crippen molar-refractivity contribution >= 4 is 59.1 Å². The van der Waals surface area contributed by atoms with E-state index in [1.807, 2.05) is 0 Å². The van der Waals surface area contributed by atoms with E-state index < -0.39 is 60.3 Å². The third-order valence-corrected chi connectivity index (χ3v) is 9.94. The van der Waals surface area contributed by atoms with E-state index in [0.29, 0.717) is 11.1 Å². The normalized spacial score (nSPS) is 19.4. The molecule has 1 aliphatic heterocycles. The molecular weight excluding hydrogens is 731 g/mol. The maximum Gasteiger partial charge on any atom is 0.338 e. The van der Waals surface area contributed by atoms with Gasteiger partial charge >= 0.3 is 23.9 Å². The second-order valence-corrected chi connectivity index (χ2v) is 13.3. The number of ether oxygens (including phenoxy) is 5. The highest BCUT2D eigenvalue weighted by molar-refractivity contribution is 7.98. The van der Waals surface area contributed by atoms with Crippen LogP contribution in [0.3, 0.4) is 0 Å². The van der Waals surface area contributed by atoms with Gasteiger partial charge in [0.2, 0.25) is 0 Å². The predicted octanol–water partition coefficient (Wildman–Crippen LogP) is 7.72. The number of aromatic nitrogens is 1. The minimum atomic E-state index is -1.50. The number of fused-ring (bicyclic) bond motifs is 1. The van der Waals surface area contributed by atoms with Crippen LogP contribution in [0.15, 0.2) is 150 Å². The molecule has 1 fully saturated rings. The smallest absolute Gasteiger partial charge is 0.338 e. The maximum atomic E-state index is 13.9. The second kappa shape index (κ2) is 16.8. The van der Waals surface area contributed by atoms with Crippen LogP contribution in [0.25, 0.3) is 11.1 Å². The minimum absolute atomic E-state index is 0.0699. The predicted molar refractivity (Wildman–Crippen MR) is 200 cm³/mol. The van der Waals surface area contributed by atoms with Crippen molar-refractivity contribution in [1.82, 2.24) is 3.97 Å². The molecule has 13 heteroatoms. The lowest BCUT2D eigenvalue weighted by molar-refractivity contribution is -0.207. The van der Waals surface area contributed by atoms with Crippen LogP contribution in [0.1, 0.15) is 41.4 Å². The zero-order valence-corrected chi connectivity index (χ0v) is 29.9. The molecule has 0 N–H and O–H groups in total. The summed E-state index contributed by atoms with van der Waals surface area (Å²) >= 11 is 6.58. The Morgan fingerprint density at radius 1 is 0.556 bits per heavy atom. The van der Waals surface area contributed by atoms with Crippen molar-refractivity contribution in [3.8, 4) is 0 Å². The minimum Gasteiger partial charge on any atom is -0.459 e. The molecule has 272 valence electrons. The lowest BCUT2D eigenvalue weighted by atomic mass is 9.98. The van der Waals surface area contributed by atoms with Crippen molar-refractivity contribution in [3.63, 3.8) is 0 Å². The van der Waals surface area contributed by atoms with E-state index in [4.69, 9.17) is 40.3 Å². The number of oxazole rings is 1. The standard InChI is InChI=1S/C41H31NO10S2/c43-36(26-15-5-1-6-16-26)47-25-32-33(50-37(44)27-17-7-2-8-18-27)34(51-38(45)28-19-9-3-10-20-28)35(52-39(46)29-21-11-4-12-22-29)40(48-32)54-42-30-23-13-14-24-31(30)49-41(42)53/h1-24,32-35,40H,25H2/t32-,33-,34+,35-,40-/m1/s1. The van der Waals surface area contributed by atoms with Crippen LogP contribution in [0.2, 0.25) is 0 Å². The summed E-state index contributed by atoms with van der Waals surface area (Å²) in [7, 11) is 0. The fourth-order valence-corrected chi connectivity index (χ4v) is 7.20. The number of carbonyl (C=O) groups excluding carboxylic acids is 4. The quantitative estimate of drug-likeness (QED) is 0.0728. The van der Waals surface area contributed by atoms with Gasteiger partial charge < -0.3 is 28.1 Å². The first-order valence-electron chi connectivity index (χ1n) is 16.8. The first kappa shape index (κ1) is 36.3. The summed E-state index contributed by atoms with van der Waals surface area (Å²) in [5.74, 6) is -3.02. The molecule has 2 heterocycles. The van der Waals surface area contributed by atoms with Crippen molar-refractivity contribution in [2.24, 2.45) is 0 Å². The van der Waals surface area contributed by atoms with Gasteiger partial charge in [-0.3, -0.25) is 0 Å². The van der Waals surface area contributed by atoms with Crippen LogP contribution < -0.4 is 0 Å². The first-order chi connectivity index (χ1) is 26.4. The monoisotopic (exact) mass is 761 g/mol. The van der Waals surface area contributed by atoms with Gasteiger partial charge in [0.1, 0.15) is 12.7 Å². The van der Waals surface area contributed by atoms with E-state index in [9.17, 15) is 19.2 Å². The number of benzene rings is 5. The molecule has 11 nitrogen and oxygen atoms in total. The topological polar surface area (TPSA) is 133 Å². The number of para-hydroxylation sites is 2. The molecule has 0 radical (unpaired) electrons. The van der Waals surface area contributed by atoms with E-state index in [1.165, 1.54) is 0 Å². The number of hydrogen-bond donors (Lipinski definition) is 0. The van der Waals surface area contributed by atoms with Gasteiger partial charge in [-0.15, -0.1) is 0 Å². The Morgan fingerprint density at radius 2 is 0.981 bits per heavy atom. The Morgan fingerprint density at radius 3 is 1.50 bits per heavy atom. The van der Waals surface area contributed by atoms with Gasteiger partial charge in [-0.05, 0) is 84.8 Å². The number of esters is 4. The fraction of sp³-hybridized carbons (Fsp3) is 0.146. The van der Waals surface area contributed by atoms with Crippen LogP contribution in [-0.2, 0) is 23.7 Å². The molecule has 1 aromatic heterocycles. The molecule has 0 unspecified atom stereocenters. The van der Waals surface area contributed by atoms with Crippen molar-refractivity contribution < 1.29 is 47.3 Å². The third-order valence-electron chi connectivity index (χ3n) is 8.39. The van der Waals surface area contributed by atoms with Crippen LogP contribution in [0.4, 0.5) is 0 Å². The summed E-state index contributed by atoms with van der Waals surface area (Å²) in [6.45, 7) is -0.451. The van der Waals surface area contributed by atoms with Crippen molar-refractivity contribution in [3.05, 3.63) is 173 Å². The molecular formula is C41H31NO10S2. The molecule has 0 aliphatic carbocycles. The van der Waals surface area contributed by atoms with Gasteiger partial charge in [-0.1, -0.05) is 84.9 Å². The Kier molecular flexibility index (Phi) is 11.3. The van der Waals surface area contributed by atoms with Crippen molar-refractivity contribution in [2.45, 2.75) is 29.9 Å². The van der Waals surface area contributed by atoms with Gasteiger partial charge in [0.15, 0.2) is 29.3 Å². The van der Waals surface area contributed by atoms with Gasteiger partial charge in [0, 0.05) is 0 Å². The second-order valence-electron chi connectivity index (χ2n) is 12.0. The molecule has 5 atom stereocenters. The van der Waals surface area contributed by atoms with Crippen LogP contribution >= 0.6 is 24.2 Å². The van der Waals surface area contributed by atoms with E-state index in [1.54, 1.807) is 150 Å². The molecule has 0 spiro atoms. The van der Waals surface area contributed by atoms with Gasteiger partial charge in [0.05, 0.1) is 27.8 Å². The van der Waals surface area contributed by atoms with Gasteiger partial charge in [-0.2, -0.15) is 0 Å². The van der Waals surface area contributed by atoms with E-state index in [0.717, 1.165) is 11.9 Å². The molecule has 7 rings (SSSR count). The molecule has 54 heavy (non-hydrogen) atoms. The Bertz CT molecular complexity index is 2300. The summed E-state index contributed by atoms with van der Waals surface area (Å²) in [4.78, 5) is 54.6. The maximum absolute atomic E-state index is 13.9. The lowest BCUT2D eigenvalue weighted by Gasteiger charge is -2.44. The van der Waals surface area contributed by atoms with Crippen LogP contribution in [-0.4, -0.2) is 64.3 Å². The average Bonchev–Trinajstić information content (AvgIpc) is 3.54. The van der Waals surface area contributed by atoms with E-state index in [2.05, 4.69) is 0 Å². The molecule has 0 bridgehead atoms. The number of nitrogens with zero attached hydrogens (tertiary/aromatic N) is 1. The summed E-state index contributed by atoms with van der Waals surface area (Å²) in [6.07, 6.45) is -5.65. The highest BCUT2D eigenvalue weighted by Crippen LogP contribution is 2.38. The van der Waals surface area contributed by atoms with Crippen LogP contribution in [0, 0.1) is 4.84 Å². The number of carbonyl (C=O) groups is 4. The van der Waals surface area contributed by atoms with Gasteiger partial charge in [-0.25, -0.2) is 23.2 Å². The zero-order chi connectivity index (χ0) is 37.4. The molecule has 0 saturated carbocycles. The molecule has 5 aromatic carbocycles. The fourth-order valence-electron chi connectivity index (χ4n) is 5.76. The van der Waals surface area contributed by atoms with Crippen molar-refractivity contribution in [1.29, 1.82) is 0 Å². The largest absolute Gasteiger partial charge is 0.459 e. The highest BCUT2D eigenvalue weighted by atomic mass is 32.2. The summed E-state index contributed by atoms with van der Waals surface area (Å²) < 4.78 is 38.2. The molecule has 1 saturated heterocycles. The SMILES string of the molecule is O=C(OC[C@H]1O[C@H](Sn2c(=S)oc3ccccc32)[C@H](OC(=O)c2ccccc2)[C@@H](OC(=O)c2ccccc2)[C@@H]1OC(=O)c1ccccc1)c1ccccc1. The Balaban J connectivity index is 1.32. The number of hydrogen-bond acceptors (Lipinski definition) is 12. The zero-order valence-electron chi connectivity index (χ0n) is 28.3. The highest BCUT2D eigenvalue weighted by Gasteiger charge is 2.54. The van der Waals surface area contributed by atoms with Gasteiger partial charge in [0.25, 0.3) is 4.84 Å². The molecule has 6 aromatic rings. The lowest BCUT2D eigenvalue weighted by Crippen LogP contribution is -2.62. The third kappa shape index (κ3) is 8.28.